The molecule has 27 heavy (non-hydrogen) atoms. The number of guanidine groups is 1. The second-order valence-corrected chi connectivity index (χ2v) is 7.17. The van der Waals surface area contributed by atoms with Gasteiger partial charge in [-0.2, -0.15) is 0 Å². The highest BCUT2D eigenvalue weighted by Gasteiger charge is 2.14. The number of hydrogen-bond donors (Lipinski definition) is 2. The summed E-state index contributed by atoms with van der Waals surface area (Å²) in [5.74, 6) is 0.888. The minimum atomic E-state index is 0. The van der Waals surface area contributed by atoms with Gasteiger partial charge in [0.1, 0.15) is 0 Å². The minimum Gasteiger partial charge on any atom is -0.357 e. The molecule has 1 aromatic carbocycles. The van der Waals surface area contributed by atoms with Crippen LogP contribution >= 0.6 is 35.6 Å². The first-order valence-corrected chi connectivity index (χ1v) is 10.3. The van der Waals surface area contributed by atoms with Gasteiger partial charge in [-0.15, -0.1) is 24.0 Å². The largest absolute Gasteiger partial charge is 0.357 e. The zero-order valence-electron chi connectivity index (χ0n) is 16.7. The van der Waals surface area contributed by atoms with Gasteiger partial charge in [-0.1, -0.05) is 30.7 Å². The maximum Gasteiger partial charge on any atom is 0.191 e. The van der Waals surface area contributed by atoms with E-state index in [9.17, 15) is 0 Å². The van der Waals surface area contributed by atoms with E-state index in [-0.39, 0.29) is 24.0 Å². The number of benzene rings is 1. The van der Waals surface area contributed by atoms with E-state index < -0.39 is 0 Å². The summed E-state index contributed by atoms with van der Waals surface area (Å²) < 4.78 is 0. The van der Waals surface area contributed by atoms with Crippen LogP contribution in [-0.4, -0.2) is 68.1 Å². The molecule has 5 nitrogen and oxygen atoms in total. The molecule has 2 N–H and O–H groups in total. The van der Waals surface area contributed by atoms with Gasteiger partial charge < -0.3 is 20.4 Å². The number of nitrogens with zero attached hydrogens (tertiary/aromatic N) is 3. The van der Waals surface area contributed by atoms with Gasteiger partial charge in [-0.3, -0.25) is 0 Å². The fourth-order valence-corrected chi connectivity index (χ4v) is 3.22. The van der Waals surface area contributed by atoms with Crippen molar-refractivity contribution < 1.29 is 0 Å². The van der Waals surface area contributed by atoms with Gasteiger partial charge in [0.2, 0.25) is 0 Å². The molecule has 1 aliphatic heterocycles. The molecule has 0 aromatic heterocycles. The number of hydrogen-bond acceptors (Lipinski definition) is 3. The van der Waals surface area contributed by atoms with E-state index in [2.05, 4.69) is 39.3 Å². The summed E-state index contributed by atoms with van der Waals surface area (Å²) in [6, 6.07) is 7.86. The van der Waals surface area contributed by atoms with Gasteiger partial charge in [0.15, 0.2) is 5.96 Å². The molecule has 1 aromatic rings. The number of nitrogens with one attached hydrogen (secondary N) is 2. The maximum absolute atomic E-state index is 5.93. The van der Waals surface area contributed by atoms with Gasteiger partial charge in [0, 0.05) is 44.3 Å². The first-order valence-electron chi connectivity index (χ1n) is 9.92. The molecule has 154 valence electrons. The summed E-state index contributed by atoms with van der Waals surface area (Å²) in [5, 5.41) is 7.52. The second kappa shape index (κ2) is 14.4. The Morgan fingerprint density at radius 1 is 1.00 bits per heavy atom. The minimum absolute atomic E-state index is 0. The molecule has 2 rings (SSSR count). The van der Waals surface area contributed by atoms with Crippen LogP contribution in [0.4, 0.5) is 0 Å². The van der Waals surface area contributed by atoms with Crippen molar-refractivity contribution in [3.05, 3.63) is 34.9 Å². The molecular formula is C20H35ClIN5. The second-order valence-electron chi connectivity index (χ2n) is 6.73. The number of aliphatic imine (C=N–C) groups is 1. The molecule has 1 aliphatic rings. The lowest BCUT2D eigenvalue weighted by Gasteiger charge is -2.34. The molecular weight excluding hydrogens is 473 g/mol. The van der Waals surface area contributed by atoms with Crippen molar-refractivity contribution in [2.24, 2.45) is 4.99 Å². The third-order valence-electron chi connectivity index (χ3n) is 4.78. The van der Waals surface area contributed by atoms with Crippen LogP contribution in [0.2, 0.25) is 5.02 Å². The van der Waals surface area contributed by atoms with Crippen molar-refractivity contribution in [3.63, 3.8) is 0 Å². The van der Waals surface area contributed by atoms with Gasteiger partial charge in [0.05, 0.1) is 6.54 Å². The number of unbranched alkanes of at least 4 members (excludes halogenated alkanes) is 1. The predicted octanol–water partition coefficient (Wildman–Crippen LogP) is 3.43. The molecule has 0 amide bonds. The zero-order chi connectivity index (χ0) is 18.6. The molecule has 0 spiro atoms. The average molecular weight is 508 g/mol. The SMILES string of the molecule is CCNC(=NCc1ccc(Cl)cc1)NCCCCN1CCN(CC)CC1.I. The van der Waals surface area contributed by atoms with Crippen molar-refractivity contribution in [2.75, 3.05) is 52.4 Å². The van der Waals surface area contributed by atoms with Crippen molar-refractivity contribution in [1.82, 2.24) is 20.4 Å². The smallest absolute Gasteiger partial charge is 0.191 e. The van der Waals surface area contributed by atoms with Crippen LogP contribution in [-0.2, 0) is 6.54 Å². The lowest BCUT2D eigenvalue weighted by atomic mass is 10.2. The quantitative estimate of drug-likeness (QED) is 0.233. The number of rotatable bonds is 9. The van der Waals surface area contributed by atoms with Crippen LogP contribution in [0.5, 0.6) is 0 Å². The number of piperazine rings is 1. The van der Waals surface area contributed by atoms with E-state index in [4.69, 9.17) is 11.6 Å². The lowest BCUT2D eigenvalue weighted by molar-refractivity contribution is 0.136. The molecule has 0 saturated carbocycles. The third-order valence-corrected chi connectivity index (χ3v) is 5.03. The van der Waals surface area contributed by atoms with Crippen LogP contribution in [0.25, 0.3) is 0 Å². The fourth-order valence-electron chi connectivity index (χ4n) is 3.10. The monoisotopic (exact) mass is 507 g/mol. The van der Waals surface area contributed by atoms with Crippen LogP contribution in [0.3, 0.4) is 0 Å². The maximum atomic E-state index is 5.93. The number of likely N-dealkylation sites (N-methyl/N-ethyl adjacent to an activating group) is 1. The highest BCUT2D eigenvalue weighted by molar-refractivity contribution is 14.0. The van der Waals surface area contributed by atoms with E-state index in [1.807, 2.05) is 24.3 Å². The van der Waals surface area contributed by atoms with Crippen molar-refractivity contribution in [1.29, 1.82) is 0 Å². The summed E-state index contributed by atoms with van der Waals surface area (Å²) >= 11 is 5.93. The highest BCUT2D eigenvalue weighted by atomic mass is 127. The molecule has 1 fully saturated rings. The molecule has 7 heteroatoms. The Morgan fingerprint density at radius 2 is 1.67 bits per heavy atom. The fraction of sp³-hybridized carbons (Fsp3) is 0.650. The molecule has 0 radical (unpaired) electrons. The first-order chi connectivity index (χ1) is 12.7. The van der Waals surface area contributed by atoms with Crippen molar-refractivity contribution in [2.45, 2.75) is 33.2 Å². The van der Waals surface area contributed by atoms with Gasteiger partial charge in [-0.05, 0) is 50.6 Å². The van der Waals surface area contributed by atoms with Crippen LogP contribution in [0.1, 0.15) is 32.3 Å². The van der Waals surface area contributed by atoms with E-state index in [1.54, 1.807) is 0 Å². The summed E-state index contributed by atoms with van der Waals surface area (Å²) in [6.45, 7) is 14.1. The Labute approximate surface area is 186 Å². The summed E-state index contributed by atoms with van der Waals surface area (Å²) in [6.07, 6.45) is 2.40. The third kappa shape index (κ3) is 9.96. The van der Waals surface area contributed by atoms with Gasteiger partial charge in [-0.25, -0.2) is 4.99 Å². The Kier molecular flexibility index (Phi) is 13.1. The topological polar surface area (TPSA) is 42.9 Å². The summed E-state index contributed by atoms with van der Waals surface area (Å²) in [7, 11) is 0. The summed E-state index contributed by atoms with van der Waals surface area (Å²) in [5.41, 5.74) is 1.16. The zero-order valence-corrected chi connectivity index (χ0v) is 19.8. The highest BCUT2D eigenvalue weighted by Crippen LogP contribution is 2.10. The Morgan fingerprint density at radius 3 is 2.30 bits per heavy atom. The molecule has 0 aliphatic carbocycles. The Hall–Kier alpha value is -0.570. The van der Waals surface area contributed by atoms with E-state index in [0.29, 0.717) is 6.54 Å². The van der Waals surface area contributed by atoms with E-state index in [0.717, 1.165) is 29.6 Å². The molecule has 1 saturated heterocycles. The normalized spacial score (nSPS) is 16.0. The van der Waals surface area contributed by atoms with Crippen molar-refractivity contribution in [3.8, 4) is 0 Å². The lowest BCUT2D eigenvalue weighted by Crippen LogP contribution is -2.46. The van der Waals surface area contributed by atoms with Gasteiger partial charge in [0.25, 0.3) is 0 Å². The van der Waals surface area contributed by atoms with Crippen LogP contribution in [0, 0.1) is 0 Å². The summed E-state index contributed by atoms with van der Waals surface area (Å²) in [4.78, 5) is 9.77. The van der Waals surface area contributed by atoms with Crippen molar-refractivity contribution >= 4 is 41.5 Å². The van der Waals surface area contributed by atoms with Crippen LogP contribution < -0.4 is 10.6 Å². The van der Waals surface area contributed by atoms with E-state index in [1.165, 1.54) is 52.1 Å². The molecule has 0 unspecified atom stereocenters. The molecule has 0 bridgehead atoms. The molecule has 0 atom stereocenters. The standard InChI is InChI=1S/C20H34ClN5.HI/c1-3-22-20(24-17-18-7-9-19(21)10-8-18)23-11-5-6-12-26-15-13-25(4-2)14-16-26;/h7-10H,3-6,11-17H2,1-2H3,(H2,22,23,24);1H. The average Bonchev–Trinajstić information content (AvgIpc) is 2.67. The number of halogens is 2. The Balaban J connectivity index is 0.00000364. The molecule has 1 heterocycles. The first kappa shape index (κ1) is 24.5. The van der Waals surface area contributed by atoms with Crippen LogP contribution in [0.15, 0.2) is 29.3 Å². The van der Waals surface area contributed by atoms with E-state index >= 15 is 0 Å². The Bertz CT molecular complexity index is 530. The van der Waals surface area contributed by atoms with Gasteiger partial charge >= 0.3 is 0 Å². The predicted molar refractivity (Wildman–Crippen MR) is 127 cm³/mol.